The van der Waals surface area contributed by atoms with E-state index < -0.39 is 0 Å². The van der Waals surface area contributed by atoms with Gasteiger partial charge in [0.05, 0.1) is 0 Å². The third-order valence-electron chi connectivity index (χ3n) is 1.89. The van der Waals surface area contributed by atoms with Crippen molar-refractivity contribution < 1.29 is 0 Å². The van der Waals surface area contributed by atoms with Crippen molar-refractivity contribution in [2.75, 3.05) is 12.4 Å². The molecule has 0 aliphatic heterocycles. The third-order valence-corrected chi connectivity index (χ3v) is 1.89. The van der Waals surface area contributed by atoms with Crippen LogP contribution in [0.25, 0.3) is 0 Å². The van der Waals surface area contributed by atoms with Crippen LogP contribution in [0.5, 0.6) is 0 Å². The van der Waals surface area contributed by atoms with E-state index in [-0.39, 0.29) is 0 Å². The Bertz CT molecular complexity index is 258. The lowest BCUT2D eigenvalue weighted by molar-refractivity contribution is 0.933. The molecule has 1 heterocycles. The standard InChI is InChI=1S/C9H15N3/c1-4-7-6-11-9(10-3)12-8(7)5-2/h6H,4-5H2,1-3H3,(H,10,11,12). The molecule has 0 saturated carbocycles. The second kappa shape index (κ2) is 4.04. The average Bonchev–Trinajstić information content (AvgIpc) is 2.16. The lowest BCUT2D eigenvalue weighted by atomic mass is 10.1. The first-order valence-corrected chi connectivity index (χ1v) is 4.34. The van der Waals surface area contributed by atoms with Gasteiger partial charge in [-0.05, 0) is 18.4 Å². The Morgan fingerprint density at radius 3 is 2.58 bits per heavy atom. The number of aromatic nitrogens is 2. The van der Waals surface area contributed by atoms with Crippen molar-refractivity contribution in [3.63, 3.8) is 0 Å². The number of hydrogen-bond donors (Lipinski definition) is 1. The van der Waals surface area contributed by atoms with Crippen LogP contribution in [0, 0.1) is 0 Å². The fourth-order valence-electron chi connectivity index (χ4n) is 1.16. The summed E-state index contributed by atoms with van der Waals surface area (Å²) in [6, 6.07) is 0. The van der Waals surface area contributed by atoms with Crippen LogP contribution in [0.15, 0.2) is 6.20 Å². The van der Waals surface area contributed by atoms with Gasteiger partial charge in [0.15, 0.2) is 0 Å². The van der Waals surface area contributed by atoms with Crippen LogP contribution in [-0.2, 0) is 12.8 Å². The molecule has 1 aromatic heterocycles. The number of rotatable bonds is 3. The molecule has 66 valence electrons. The van der Waals surface area contributed by atoms with Gasteiger partial charge >= 0.3 is 0 Å². The van der Waals surface area contributed by atoms with E-state index in [1.54, 1.807) is 0 Å². The maximum absolute atomic E-state index is 4.36. The van der Waals surface area contributed by atoms with E-state index in [2.05, 4.69) is 29.1 Å². The fraction of sp³-hybridized carbons (Fsp3) is 0.556. The predicted molar refractivity (Wildman–Crippen MR) is 50.3 cm³/mol. The summed E-state index contributed by atoms with van der Waals surface area (Å²) in [7, 11) is 1.83. The molecule has 0 radical (unpaired) electrons. The molecule has 3 heteroatoms. The first-order valence-electron chi connectivity index (χ1n) is 4.34. The van der Waals surface area contributed by atoms with Gasteiger partial charge in [-0.25, -0.2) is 9.97 Å². The SMILES string of the molecule is CCc1cnc(NC)nc1CC. The third kappa shape index (κ3) is 1.72. The van der Waals surface area contributed by atoms with Crippen molar-refractivity contribution in [1.82, 2.24) is 9.97 Å². The van der Waals surface area contributed by atoms with Gasteiger partial charge in [0, 0.05) is 18.9 Å². The molecular formula is C9H15N3. The zero-order valence-electron chi connectivity index (χ0n) is 7.89. The van der Waals surface area contributed by atoms with E-state index in [0.29, 0.717) is 5.95 Å². The van der Waals surface area contributed by atoms with Crippen LogP contribution in [0.1, 0.15) is 25.1 Å². The number of anilines is 1. The summed E-state index contributed by atoms with van der Waals surface area (Å²) < 4.78 is 0. The van der Waals surface area contributed by atoms with Gasteiger partial charge in [-0.2, -0.15) is 0 Å². The predicted octanol–water partition coefficient (Wildman–Crippen LogP) is 1.64. The van der Waals surface area contributed by atoms with E-state index in [9.17, 15) is 0 Å². The van der Waals surface area contributed by atoms with E-state index in [1.165, 1.54) is 5.56 Å². The van der Waals surface area contributed by atoms with E-state index in [0.717, 1.165) is 18.5 Å². The van der Waals surface area contributed by atoms with Crippen LogP contribution in [0.2, 0.25) is 0 Å². The van der Waals surface area contributed by atoms with Gasteiger partial charge in [-0.15, -0.1) is 0 Å². The second-order valence-electron chi connectivity index (χ2n) is 2.62. The molecule has 0 aliphatic rings. The first kappa shape index (κ1) is 8.97. The monoisotopic (exact) mass is 165 g/mol. The summed E-state index contributed by atoms with van der Waals surface area (Å²) in [5.41, 5.74) is 2.40. The van der Waals surface area contributed by atoms with Gasteiger partial charge in [0.2, 0.25) is 5.95 Å². The molecule has 0 fully saturated rings. The molecule has 0 atom stereocenters. The highest BCUT2D eigenvalue weighted by Crippen LogP contribution is 2.08. The van der Waals surface area contributed by atoms with Crippen molar-refractivity contribution in [3.05, 3.63) is 17.5 Å². The molecule has 1 N–H and O–H groups in total. The molecular weight excluding hydrogens is 150 g/mol. The molecule has 0 aliphatic carbocycles. The van der Waals surface area contributed by atoms with E-state index in [4.69, 9.17) is 0 Å². The number of aryl methyl sites for hydroxylation is 2. The molecule has 1 rings (SSSR count). The molecule has 0 spiro atoms. The van der Waals surface area contributed by atoms with Crippen LogP contribution >= 0.6 is 0 Å². The maximum atomic E-state index is 4.36. The summed E-state index contributed by atoms with van der Waals surface area (Å²) in [6.45, 7) is 4.23. The van der Waals surface area contributed by atoms with Crippen molar-refractivity contribution >= 4 is 5.95 Å². The minimum atomic E-state index is 0.712. The Hall–Kier alpha value is -1.12. The first-order chi connectivity index (χ1) is 5.81. The van der Waals surface area contributed by atoms with Gasteiger partial charge in [-0.3, -0.25) is 0 Å². The highest BCUT2D eigenvalue weighted by Gasteiger charge is 2.01. The lowest BCUT2D eigenvalue weighted by Crippen LogP contribution is -2.02. The molecule has 12 heavy (non-hydrogen) atoms. The van der Waals surface area contributed by atoms with Crippen LogP contribution in [0.3, 0.4) is 0 Å². The van der Waals surface area contributed by atoms with Crippen molar-refractivity contribution in [2.24, 2.45) is 0 Å². The Morgan fingerprint density at radius 1 is 1.33 bits per heavy atom. The summed E-state index contributed by atoms with van der Waals surface area (Å²) in [4.78, 5) is 8.51. The van der Waals surface area contributed by atoms with E-state index >= 15 is 0 Å². The van der Waals surface area contributed by atoms with Gasteiger partial charge in [-0.1, -0.05) is 13.8 Å². The number of hydrogen-bond acceptors (Lipinski definition) is 3. The van der Waals surface area contributed by atoms with Crippen molar-refractivity contribution in [2.45, 2.75) is 26.7 Å². The van der Waals surface area contributed by atoms with Gasteiger partial charge in [0.1, 0.15) is 0 Å². The largest absolute Gasteiger partial charge is 0.357 e. The molecule has 0 amide bonds. The Kier molecular flexibility index (Phi) is 3.02. The fourth-order valence-corrected chi connectivity index (χ4v) is 1.16. The highest BCUT2D eigenvalue weighted by molar-refractivity contribution is 5.28. The van der Waals surface area contributed by atoms with Crippen LogP contribution in [-0.4, -0.2) is 17.0 Å². The number of nitrogens with one attached hydrogen (secondary N) is 1. The zero-order valence-corrected chi connectivity index (χ0v) is 7.89. The van der Waals surface area contributed by atoms with Crippen LogP contribution in [0.4, 0.5) is 5.95 Å². The molecule has 0 aromatic carbocycles. The average molecular weight is 165 g/mol. The van der Waals surface area contributed by atoms with Crippen LogP contribution < -0.4 is 5.32 Å². The second-order valence-corrected chi connectivity index (χ2v) is 2.62. The molecule has 3 nitrogen and oxygen atoms in total. The normalized spacial score (nSPS) is 9.92. The Morgan fingerprint density at radius 2 is 2.08 bits per heavy atom. The van der Waals surface area contributed by atoms with Crippen molar-refractivity contribution in [1.29, 1.82) is 0 Å². The quantitative estimate of drug-likeness (QED) is 0.740. The Labute approximate surface area is 73.2 Å². The van der Waals surface area contributed by atoms with Gasteiger partial charge < -0.3 is 5.32 Å². The molecule has 1 aromatic rings. The lowest BCUT2D eigenvalue weighted by Gasteiger charge is -2.05. The topological polar surface area (TPSA) is 37.8 Å². The maximum Gasteiger partial charge on any atom is 0.222 e. The molecule has 0 unspecified atom stereocenters. The molecule has 0 bridgehead atoms. The smallest absolute Gasteiger partial charge is 0.222 e. The van der Waals surface area contributed by atoms with E-state index in [1.807, 2.05) is 13.2 Å². The molecule has 0 saturated heterocycles. The summed E-state index contributed by atoms with van der Waals surface area (Å²) in [5.74, 6) is 0.712. The number of nitrogens with zero attached hydrogens (tertiary/aromatic N) is 2. The zero-order chi connectivity index (χ0) is 8.97. The van der Waals surface area contributed by atoms with Crippen molar-refractivity contribution in [3.8, 4) is 0 Å². The highest BCUT2D eigenvalue weighted by atomic mass is 15.1. The van der Waals surface area contributed by atoms with Gasteiger partial charge in [0.25, 0.3) is 0 Å². The minimum absolute atomic E-state index is 0.712. The Balaban J connectivity index is 3.02. The summed E-state index contributed by atoms with van der Waals surface area (Å²) >= 11 is 0. The summed E-state index contributed by atoms with van der Waals surface area (Å²) in [5, 5.41) is 2.93. The summed E-state index contributed by atoms with van der Waals surface area (Å²) in [6.07, 6.45) is 3.88. The minimum Gasteiger partial charge on any atom is -0.357 e.